The summed E-state index contributed by atoms with van der Waals surface area (Å²) in [7, 11) is 0. The highest BCUT2D eigenvalue weighted by Gasteiger charge is 2.43. The van der Waals surface area contributed by atoms with Gasteiger partial charge in [0.1, 0.15) is 11.9 Å². The van der Waals surface area contributed by atoms with Crippen molar-refractivity contribution in [2.45, 2.75) is 50.4 Å². The van der Waals surface area contributed by atoms with Crippen LogP contribution in [0.1, 0.15) is 37.7 Å². The molecule has 1 heterocycles. The molecule has 2 aliphatic rings. The van der Waals surface area contributed by atoms with Gasteiger partial charge in [-0.15, -0.1) is 0 Å². The zero-order chi connectivity index (χ0) is 14.2. The second-order valence-corrected chi connectivity index (χ2v) is 7.37. The molecule has 0 amide bonds. The molecular formula is C15H18Br2O3. The summed E-state index contributed by atoms with van der Waals surface area (Å²) in [6.07, 6.45) is 5.72. The molecular weight excluding hydrogens is 388 g/mol. The minimum absolute atomic E-state index is 0.0257. The number of rotatable bonds is 3. The van der Waals surface area contributed by atoms with Gasteiger partial charge in [-0.2, -0.15) is 0 Å². The highest BCUT2D eigenvalue weighted by atomic mass is 79.9. The van der Waals surface area contributed by atoms with E-state index in [9.17, 15) is 5.11 Å². The number of hydrogen-bond donors (Lipinski definition) is 1. The molecule has 1 aliphatic carbocycles. The molecule has 1 saturated heterocycles. The van der Waals surface area contributed by atoms with Gasteiger partial charge in [0.15, 0.2) is 0 Å². The first kappa shape index (κ1) is 14.8. The molecule has 0 aromatic heterocycles. The molecule has 20 heavy (non-hydrogen) atoms. The van der Waals surface area contributed by atoms with Crippen molar-refractivity contribution in [3.8, 4) is 5.75 Å². The van der Waals surface area contributed by atoms with E-state index in [0.29, 0.717) is 0 Å². The van der Waals surface area contributed by atoms with Crippen molar-refractivity contribution >= 4 is 31.9 Å². The van der Waals surface area contributed by atoms with E-state index in [-0.39, 0.29) is 18.3 Å². The fraction of sp³-hybridized carbons (Fsp3) is 0.600. The summed E-state index contributed by atoms with van der Waals surface area (Å²) in [5.41, 5.74) is 0.950. The van der Waals surface area contributed by atoms with Crippen molar-refractivity contribution in [1.82, 2.24) is 0 Å². The maximum Gasteiger partial charge on any atom is 0.148 e. The van der Waals surface area contributed by atoms with Crippen LogP contribution in [0.5, 0.6) is 5.75 Å². The van der Waals surface area contributed by atoms with Crippen molar-refractivity contribution in [1.29, 1.82) is 0 Å². The molecule has 1 aliphatic heterocycles. The molecule has 1 aromatic rings. The largest absolute Gasteiger partial charge is 0.488 e. The van der Waals surface area contributed by atoms with Crippen LogP contribution in [0.25, 0.3) is 0 Å². The summed E-state index contributed by atoms with van der Waals surface area (Å²) >= 11 is 7.06. The Morgan fingerprint density at radius 2 is 2.00 bits per heavy atom. The second-order valence-electron chi connectivity index (χ2n) is 5.66. The van der Waals surface area contributed by atoms with Gasteiger partial charge in [0.2, 0.25) is 0 Å². The molecule has 0 radical (unpaired) electrons. The van der Waals surface area contributed by atoms with Gasteiger partial charge >= 0.3 is 0 Å². The lowest BCUT2D eigenvalue weighted by Gasteiger charge is -2.47. The highest BCUT2D eigenvalue weighted by molar-refractivity contribution is 9.11. The molecule has 1 spiro atoms. The van der Waals surface area contributed by atoms with Gasteiger partial charge in [0, 0.05) is 12.8 Å². The van der Waals surface area contributed by atoms with Crippen LogP contribution in [0.4, 0.5) is 0 Å². The maximum absolute atomic E-state index is 9.21. The summed E-state index contributed by atoms with van der Waals surface area (Å²) < 4.78 is 13.9. The smallest absolute Gasteiger partial charge is 0.148 e. The average molecular weight is 406 g/mol. The Kier molecular flexibility index (Phi) is 4.41. The van der Waals surface area contributed by atoms with E-state index in [0.717, 1.165) is 39.7 Å². The van der Waals surface area contributed by atoms with E-state index in [1.54, 1.807) is 0 Å². The van der Waals surface area contributed by atoms with Crippen molar-refractivity contribution in [2.75, 3.05) is 6.61 Å². The van der Waals surface area contributed by atoms with Gasteiger partial charge in [0.25, 0.3) is 0 Å². The molecule has 110 valence electrons. The second kappa shape index (κ2) is 5.95. The number of ether oxygens (including phenoxy) is 2. The van der Waals surface area contributed by atoms with E-state index in [1.807, 2.05) is 12.1 Å². The zero-order valence-electron chi connectivity index (χ0n) is 11.2. The monoisotopic (exact) mass is 404 g/mol. The molecule has 0 bridgehead atoms. The van der Waals surface area contributed by atoms with Crippen LogP contribution >= 0.6 is 31.9 Å². The molecule has 5 heteroatoms. The fourth-order valence-electron chi connectivity index (χ4n) is 2.99. The van der Waals surface area contributed by atoms with Crippen molar-refractivity contribution in [2.24, 2.45) is 0 Å². The molecule has 3 nitrogen and oxygen atoms in total. The summed E-state index contributed by atoms with van der Waals surface area (Å²) in [6, 6.07) is 3.80. The summed E-state index contributed by atoms with van der Waals surface area (Å²) in [4.78, 5) is 0. The minimum Gasteiger partial charge on any atom is -0.488 e. The number of halogens is 2. The van der Waals surface area contributed by atoms with Crippen LogP contribution in [0.3, 0.4) is 0 Å². The van der Waals surface area contributed by atoms with Crippen LogP contribution in [0.2, 0.25) is 0 Å². The van der Waals surface area contributed by atoms with Gasteiger partial charge < -0.3 is 14.6 Å². The number of aliphatic hydroxyl groups excluding tert-OH is 1. The Labute approximate surface area is 135 Å². The first-order valence-corrected chi connectivity index (χ1v) is 8.60. The summed E-state index contributed by atoms with van der Waals surface area (Å²) in [6.45, 7) is 0.812. The van der Waals surface area contributed by atoms with Gasteiger partial charge in [0.05, 0.1) is 27.8 Å². The lowest BCUT2D eigenvalue weighted by molar-refractivity contribution is -0.153. The van der Waals surface area contributed by atoms with Crippen molar-refractivity contribution in [3.05, 3.63) is 26.6 Å². The predicted molar refractivity (Wildman–Crippen MR) is 83.9 cm³/mol. The standard InChI is InChI=1S/C15H18Br2O3/c16-12-6-10(9-18)7-13(17)14(12)20-11-2-5-19-15(8-11)3-1-4-15/h6-7,11,18H,1-5,8-9H2. The van der Waals surface area contributed by atoms with Crippen LogP contribution in [0.15, 0.2) is 21.1 Å². The molecule has 3 rings (SSSR count). The Hall–Kier alpha value is -0.100. The lowest BCUT2D eigenvalue weighted by atomic mass is 9.74. The molecule has 1 atom stereocenters. The van der Waals surface area contributed by atoms with Crippen LogP contribution in [-0.4, -0.2) is 23.4 Å². The predicted octanol–water partition coefficient (Wildman–Crippen LogP) is 4.18. The van der Waals surface area contributed by atoms with E-state index in [4.69, 9.17) is 9.47 Å². The molecule has 1 saturated carbocycles. The van der Waals surface area contributed by atoms with Crippen molar-refractivity contribution in [3.63, 3.8) is 0 Å². The highest BCUT2D eigenvalue weighted by Crippen LogP contribution is 2.44. The third-order valence-electron chi connectivity index (χ3n) is 4.24. The Morgan fingerprint density at radius 1 is 1.30 bits per heavy atom. The van der Waals surface area contributed by atoms with E-state index in [1.165, 1.54) is 19.3 Å². The quantitative estimate of drug-likeness (QED) is 0.819. The number of benzene rings is 1. The normalized spacial score (nSPS) is 24.4. The van der Waals surface area contributed by atoms with Crippen LogP contribution < -0.4 is 4.74 Å². The molecule has 1 aromatic carbocycles. The van der Waals surface area contributed by atoms with Gasteiger partial charge in [-0.1, -0.05) is 0 Å². The Bertz CT molecular complexity index is 477. The van der Waals surface area contributed by atoms with Gasteiger partial charge in [-0.25, -0.2) is 0 Å². The maximum atomic E-state index is 9.21. The van der Waals surface area contributed by atoms with E-state index in [2.05, 4.69) is 31.9 Å². The Morgan fingerprint density at radius 3 is 2.55 bits per heavy atom. The average Bonchev–Trinajstić information content (AvgIpc) is 2.41. The first-order valence-electron chi connectivity index (χ1n) is 7.01. The first-order chi connectivity index (χ1) is 9.62. The summed E-state index contributed by atoms with van der Waals surface area (Å²) in [5.74, 6) is 0.823. The zero-order valence-corrected chi connectivity index (χ0v) is 14.4. The third-order valence-corrected chi connectivity index (χ3v) is 5.42. The SMILES string of the molecule is OCc1cc(Br)c(OC2CCOC3(CCC3)C2)c(Br)c1. The molecule has 2 fully saturated rings. The van der Waals surface area contributed by atoms with E-state index < -0.39 is 0 Å². The molecule has 1 unspecified atom stereocenters. The minimum atomic E-state index is 0.0257. The van der Waals surface area contributed by atoms with Crippen LogP contribution in [-0.2, 0) is 11.3 Å². The topological polar surface area (TPSA) is 38.7 Å². The lowest BCUT2D eigenvalue weighted by Crippen LogP contribution is -2.48. The van der Waals surface area contributed by atoms with Gasteiger partial charge in [-0.05, 0) is 68.8 Å². The molecule has 1 N–H and O–H groups in total. The van der Waals surface area contributed by atoms with Crippen molar-refractivity contribution < 1.29 is 14.6 Å². The van der Waals surface area contributed by atoms with Crippen LogP contribution in [0, 0.1) is 0 Å². The summed E-state index contributed by atoms with van der Waals surface area (Å²) in [5, 5.41) is 9.21. The number of aliphatic hydroxyl groups is 1. The number of hydrogen-bond acceptors (Lipinski definition) is 3. The van der Waals surface area contributed by atoms with Gasteiger partial charge in [-0.3, -0.25) is 0 Å². The fourth-order valence-corrected chi connectivity index (χ4v) is 4.45. The third kappa shape index (κ3) is 2.91. The Balaban J connectivity index is 1.74. The van der Waals surface area contributed by atoms with E-state index >= 15 is 0 Å².